The third-order valence-electron chi connectivity index (χ3n) is 6.12. The number of aromatic nitrogens is 2. The van der Waals surface area contributed by atoms with Gasteiger partial charge in [0.1, 0.15) is 5.69 Å². The van der Waals surface area contributed by atoms with Crippen molar-refractivity contribution < 1.29 is 9.59 Å². The molecule has 1 aromatic heterocycles. The summed E-state index contributed by atoms with van der Waals surface area (Å²) >= 11 is 0. The van der Waals surface area contributed by atoms with Gasteiger partial charge in [0.05, 0.1) is 12.2 Å². The van der Waals surface area contributed by atoms with Crippen LogP contribution in [-0.2, 0) is 18.3 Å². The number of likely N-dealkylation sites (N-methyl/N-ethyl adjacent to an activating group) is 1. The molecular formula is C26H30N4O2. The van der Waals surface area contributed by atoms with Crippen LogP contribution in [-0.4, -0.2) is 57.3 Å². The van der Waals surface area contributed by atoms with Gasteiger partial charge in [0.25, 0.3) is 5.91 Å². The Morgan fingerprint density at radius 3 is 2.53 bits per heavy atom. The molecule has 0 aliphatic carbocycles. The fraction of sp³-hybridized carbons (Fsp3) is 0.346. The lowest BCUT2D eigenvalue weighted by atomic mass is 9.95. The molecule has 6 heteroatoms. The first kappa shape index (κ1) is 21.8. The van der Waals surface area contributed by atoms with Gasteiger partial charge in [-0.1, -0.05) is 54.1 Å². The van der Waals surface area contributed by atoms with Gasteiger partial charge in [0.2, 0.25) is 5.91 Å². The van der Waals surface area contributed by atoms with Crippen LogP contribution < -0.4 is 0 Å². The Bertz CT molecular complexity index is 1100. The van der Waals surface area contributed by atoms with Crippen LogP contribution in [0.1, 0.15) is 28.5 Å². The van der Waals surface area contributed by atoms with Crippen LogP contribution in [0.25, 0.3) is 11.1 Å². The zero-order chi connectivity index (χ0) is 22.7. The van der Waals surface area contributed by atoms with E-state index in [4.69, 9.17) is 0 Å². The number of carbonyl (C=O) groups is 2. The van der Waals surface area contributed by atoms with Gasteiger partial charge >= 0.3 is 0 Å². The number of hydrogen-bond donors (Lipinski definition) is 0. The van der Waals surface area contributed by atoms with Crippen LogP contribution in [0.15, 0.2) is 61.1 Å². The van der Waals surface area contributed by atoms with E-state index in [1.54, 1.807) is 22.0 Å². The van der Waals surface area contributed by atoms with E-state index in [1.807, 2.05) is 18.9 Å². The van der Waals surface area contributed by atoms with Crippen molar-refractivity contribution in [2.75, 3.05) is 26.2 Å². The molecule has 2 heterocycles. The number of amides is 2. The van der Waals surface area contributed by atoms with Gasteiger partial charge < -0.3 is 14.4 Å². The molecule has 2 amide bonds. The van der Waals surface area contributed by atoms with E-state index in [1.165, 1.54) is 11.1 Å². The fourth-order valence-electron chi connectivity index (χ4n) is 4.32. The summed E-state index contributed by atoms with van der Waals surface area (Å²) in [5.41, 5.74) is 5.10. The number of carbonyl (C=O) groups excluding carboxylic acids is 2. The maximum absolute atomic E-state index is 13.2. The maximum atomic E-state index is 13.2. The Morgan fingerprint density at radius 1 is 1.09 bits per heavy atom. The standard InChI is InChI=1S/C26H30N4O2/c1-4-29-12-13-30(26(32)24-17-28(3)18-27-24)16-23(25(29)31)15-20-8-10-21(11-9-20)22-7-5-6-19(2)14-22/h5-11,14,17-18,23H,4,12-13,15-16H2,1-3H3/t23-/m1/s1. The molecule has 3 aromatic rings. The zero-order valence-electron chi connectivity index (χ0n) is 19.0. The van der Waals surface area contributed by atoms with Gasteiger partial charge in [0, 0.05) is 39.4 Å². The molecule has 32 heavy (non-hydrogen) atoms. The Labute approximate surface area is 189 Å². The number of hydrogen-bond acceptors (Lipinski definition) is 3. The van der Waals surface area contributed by atoms with Crippen LogP contribution in [0.4, 0.5) is 0 Å². The van der Waals surface area contributed by atoms with Gasteiger partial charge in [-0.25, -0.2) is 4.98 Å². The molecule has 2 aromatic carbocycles. The van der Waals surface area contributed by atoms with Crippen molar-refractivity contribution in [2.45, 2.75) is 20.3 Å². The molecule has 6 nitrogen and oxygen atoms in total. The Kier molecular flexibility index (Phi) is 6.40. The Hall–Kier alpha value is -3.41. The summed E-state index contributed by atoms with van der Waals surface area (Å²) in [4.78, 5) is 34.0. The Balaban J connectivity index is 1.53. The predicted molar refractivity (Wildman–Crippen MR) is 125 cm³/mol. The number of imidazole rings is 1. The molecule has 166 valence electrons. The molecule has 0 saturated carbocycles. The third kappa shape index (κ3) is 4.74. The third-order valence-corrected chi connectivity index (χ3v) is 6.12. The van der Waals surface area contributed by atoms with Crippen molar-refractivity contribution in [3.8, 4) is 11.1 Å². The molecule has 1 aliphatic heterocycles. The average Bonchev–Trinajstić information content (AvgIpc) is 3.17. The van der Waals surface area contributed by atoms with E-state index in [2.05, 4.69) is 60.4 Å². The number of nitrogens with zero attached hydrogens (tertiary/aromatic N) is 4. The zero-order valence-corrected chi connectivity index (χ0v) is 19.0. The predicted octanol–water partition coefficient (Wildman–Crippen LogP) is 3.56. The van der Waals surface area contributed by atoms with Crippen LogP contribution in [0.2, 0.25) is 0 Å². The van der Waals surface area contributed by atoms with Crippen LogP contribution in [0, 0.1) is 12.8 Å². The largest absolute Gasteiger partial charge is 0.341 e. The summed E-state index contributed by atoms with van der Waals surface area (Å²) in [7, 11) is 1.85. The lowest BCUT2D eigenvalue weighted by Crippen LogP contribution is -2.38. The lowest BCUT2D eigenvalue weighted by molar-refractivity contribution is -0.134. The maximum Gasteiger partial charge on any atom is 0.274 e. The molecule has 1 fully saturated rings. The summed E-state index contributed by atoms with van der Waals surface area (Å²) in [6.07, 6.45) is 3.96. The van der Waals surface area contributed by atoms with E-state index < -0.39 is 0 Å². The number of aryl methyl sites for hydroxylation is 2. The monoisotopic (exact) mass is 430 g/mol. The summed E-state index contributed by atoms with van der Waals surface area (Å²) in [6, 6.07) is 16.8. The lowest BCUT2D eigenvalue weighted by Gasteiger charge is -2.23. The smallest absolute Gasteiger partial charge is 0.274 e. The summed E-state index contributed by atoms with van der Waals surface area (Å²) < 4.78 is 1.77. The average molecular weight is 431 g/mol. The van der Waals surface area contributed by atoms with Crippen molar-refractivity contribution >= 4 is 11.8 Å². The van der Waals surface area contributed by atoms with Gasteiger partial charge in [-0.3, -0.25) is 9.59 Å². The number of benzene rings is 2. The van der Waals surface area contributed by atoms with Crippen molar-refractivity contribution in [2.24, 2.45) is 13.0 Å². The Morgan fingerprint density at radius 2 is 1.88 bits per heavy atom. The van der Waals surface area contributed by atoms with Gasteiger partial charge in [-0.2, -0.15) is 0 Å². The summed E-state index contributed by atoms with van der Waals surface area (Å²) in [5.74, 6) is -0.266. The van der Waals surface area contributed by atoms with Crippen LogP contribution >= 0.6 is 0 Å². The molecule has 1 atom stereocenters. The quantitative estimate of drug-likeness (QED) is 0.622. The molecule has 0 N–H and O–H groups in total. The minimum atomic E-state index is -0.269. The van der Waals surface area contributed by atoms with Crippen molar-refractivity contribution in [3.63, 3.8) is 0 Å². The highest BCUT2D eigenvalue weighted by Gasteiger charge is 2.32. The molecule has 0 spiro atoms. The SMILES string of the molecule is CCN1CCN(C(=O)c2cn(C)cn2)C[C@@H](Cc2ccc(-c3cccc(C)c3)cc2)C1=O. The van der Waals surface area contributed by atoms with E-state index in [0.29, 0.717) is 38.3 Å². The van der Waals surface area contributed by atoms with Crippen molar-refractivity contribution in [1.29, 1.82) is 0 Å². The minimum Gasteiger partial charge on any atom is -0.341 e. The van der Waals surface area contributed by atoms with Crippen molar-refractivity contribution in [3.05, 3.63) is 77.9 Å². The van der Waals surface area contributed by atoms with E-state index in [9.17, 15) is 9.59 Å². The topological polar surface area (TPSA) is 58.4 Å². The van der Waals surface area contributed by atoms with E-state index >= 15 is 0 Å². The highest BCUT2D eigenvalue weighted by molar-refractivity contribution is 5.93. The molecule has 0 unspecified atom stereocenters. The first-order valence-electron chi connectivity index (χ1n) is 11.2. The molecule has 0 bridgehead atoms. The summed E-state index contributed by atoms with van der Waals surface area (Å²) in [5, 5.41) is 0. The molecule has 1 saturated heterocycles. The summed E-state index contributed by atoms with van der Waals surface area (Å²) in [6.45, 7) is 6.21. The van der Waals surface area contributed by atoms with Gasteiger partial charge in [-0.15, -0.1) is 0 Å². The van der Waals surface area contributed by atoms with Crippen LogP contribution in [0.3, 0.4) is 0 Å². The first-order chi connectivity index (χ1) is 15.4. The van der Waals surface area contributed by atoms with Crippen LogP contribution in [0.5, 0.6) is 0 Å². The second-order valence-corrected chi connectivity index (χ2v) is 8.56. The van der Waals surface area contributed by atoms with E-state index in [0.717, 1.165) is 11.1 Å². The van der Waals surface area contributed by atoms with E-state index in [-0.39, 0.29) is 17.7 Å². The molecule has 1 aliphatic rings. The first-order valence-corrected chi connectivity index (χ1v) is 11.2. The highest BCUT2D eigenvalue weighted by atomic mass is 16.2. The molecular weight excluding hydrogens is 400 g/mol. The van der Waals surface area contributed by atoms with Gasteiger partial charge in [-0.05, 0) is 37.0 Å². The van der Waals surface area contributed by atoms with Crippen molar-refractivity contribution in [1.82, 2.24) is 19.4 Å². The minimum absolute atomic E-state index is 0.115. The number of rotatable bonds is 5. The fourth-order valence-corrected chi connectivity index (χ4v) is 4.32. The molecule has 0 radical (unpaired) electrons. The molecule has 4 rings (SSSR count). The second-order valence-electron chi connectivity index (χ2n) is 8.56. The van der Waals surface area contributed by atoms with Gasteiger partial charge in [0.15, 0.2) is 0 Å². The second kappa shape index (κ2) is 9.39. The normalized spacial score (nSPS) is 16.8. The highest BCUT2D eigenvalue weighted by Crippen LogP contribution is 2.23.